The number of hydrogen-bond acceptors (Lipinski definition) is 4. The second-order valence-electron chi connectivity index (χ2n) is 3.85. The third-order valence-corrected chi connectivity index (χ3v) is 2.91. The molecule has 0 fully saturated rings. The van der Waals surface area contributed by atoms with E-state index in [4.69, 9.17) is 9.84 Å². The fourth-order valence-corrected chi connectivity index (χ4v) is 1.90. The first-order valence-corrected chi connectivity index (χ1v) is 6.32. The van der Waals surface area contributed by atoms with Gasteiger partial charge in [-0.05, 0) is 35.0 Å². The van der Waals surface area contributed by atoms with Gasteiger partial charge in [0.1, 0.15) is 11.6 Å². The van der Waals surface area contributed by atoms with Gasteiger partial charge in [0.15, 0.2) is 0 Å². The number of nitrogens with zero attached hydrogens (tertiary/aromatic N) is 2. The van der Waals surface area contributed by atoms with Crippen molar-refractivity contribution in [1.29, 1.82) is 0 Å². The Morgan fingerprint density at radius 3 is 2.79 bits per heavy atom. The van der Waals surface area contributed by atoms with Crippen molar-refractivity contribution in [1.82, 2.24) is 9.97 Å². The Morgan fingerprint density at radius 2 is 2.11 bits per heavy atom. The van der Waals surface area contributed by atoms with Gasteiger partial charge >= 0.3 is 5.97 Å². The third kappa shape index (κ3) is 3.75. The number of benzene rings is 1. The molecule has 0 unspecified atom stereocenters. The van der Waals surface area contributed by atoms with Gasteiger partial charge in [0.2, 0.25) is 5.88 Å². The number of aryl methyl sites for hydroxylation is 1. The van der Waals surface area contributed by atoms with Gasteiger partial charge in [-0.3, -0.25) is 4.79 Å². The van der Waals surface area contributed by atoms with Crippen LogP contribution in [0.3, 0.4) is 0 Å². The van der Waals surface area contributed by atoms with E-state index in [0.29, 0.717) is 23.1 Å². The van der Waals surface area contributed by atoms with Crippen molar-refractivity contribution >= 4 is 21.9 Å². The number of para-hydroxylation sites is 1. The summed E-state index contributed by atoms with van der Waals surface area (Å²) in [6, 6.07) is 8.88. The van der Waals surface area contributed by atoms with E-state index < -0.39 is 5.97 Å². The highest BCUT2D eigenvalue weighted by atomic mass is 79.9. The molecule has 0 bridgehead atoms. The molecule has 0 aliphatic rings. The Bertz CT molecular complexity index is 617. The topological polar surface area (TPSA) is 72.3 Å². The molecule has 0 saturated carbocycles. The smallest absolute Gasteiger partial charge is 0.309 e. The summed E-state index contributed by atoms with van der Waals surface area (Å²) in [6.45, 7) is 1.69. The lowest BCUT2D eigenvalue weighted by atomic mass is 10.3. The highest BCUT2D eigenvalue weighted by Gasteiger charge is 2.08. The molecule has 5 nitrogen and oxygen atoms in total. The Kier molecular flexibility index (Phi) is 4.11. The fourth-order valence-electron chi connectivity index (χ4n) is 1.54. The summed E-state index contributed by atoms with van der Waals surface area (Å²) in [4.78, 5) is 18.9. The van der Waals surface area contributed by atoms with E-state index >= 15 is 0 Å². The predicted molar refractivity (Wildman–Crippen MR) is 72.3 cm³/mol. The van der Waals surface area contributed by atoms with E-state index in [-0.39, 0.29) is 6.42 Å². The first-order chi connectivity index (χ1) is 9.04. The first-order valence-electron chi connectivity index (χ1n) is 5.53. The van der Waals surface area contributed by atoms with Crippen molar-refractivity contribution in [3.63, 3.8) is 0 Å². The van der Waals surface area contributed by atoms with Crippen molar-refractivity contribution < 1.29 is 14.6 Å². The van der Waals surface area contributed by atoms with E-state index in [1.807, 2.05) is 18.2 Å². The molecule has 6 heteroatoms. The van der Waals surface area contributed by atoms with Crippen LogP contribution < -0.4 is 4.74 Å². The largest absolute Gasteiger partial charge is 0.481 e. The number of carboxylic acid groups (broad SMARTS) is 1. The number of ether oxygens (including phenoxy) is 1. The molecular formula is C13H11BrN2O3. The van der Waals surface area contributed by atoms with Gasteiger partial charge in [-0.2, -0.15) is 4.98 Å². The average Bonchev–Trinajstić information content (AvgIpc) is 2.30. The lowest BCUT2D eigenvalue weighted by Gasteiger charge is -2.08. The summed E-state index contributed by atoms with van der Waals surface area (Å²) >= 11 is 3.37. The quantitative estimate of drug-likeness (QED) is 0.936. The molecule has 0 saturated heterocycles. The van der Waals surface area contributed by atoms with Gasteiger partial charge in [0, 0.05) is 6.07 Å². The molecule has 0 atom stereocenters. The lowest BCUT2D eigenvalue weighted by Crippen LogP contribution is -2.05. The molecule has 2 aromatic rings. The fraction of sp³-hybridized carbons (Fsp3) is 0.154. The molecule has 0 spiro atoms. The second-order valence-corrected chi connectivity index (χ2v) is 4.70. The SMILES string of the molecule is Cc1nc(CC(=O)O)cc(Oc2ccccc2Br)n1. The standard InChI is InChI=1S/C13H11BrN2O3/c1-8-15-9(7-13(17)18)6-12(16-8)19-11-5-3-2-4-10(11)14/h2-6H,7H2,1H3,(H,17,18). The zero-order chi connectivity index (χ0) is 13.8. The van der Waals surface area contributed by atoms with Crippen LogP contribution in [-0.2, 0) is 11.2 Å². The normalized spacial score (nSPS) is 10.2. The van der Waals surface area contributed by atoms with Gasteiger partial charge in [-0.15, -0.1) is 0 Å². The van der Waals surface area contributed by atoms with E-state index in [0.717, 1.165) is 4.47 Å². The van der Waals surface area contributed by atoms with Gasteiger partial charge in [0.25, 0.3) is 0 Å². The number of rotatable bonds is 4. The minimum Gasteiger partial charge on any atom is -0.481 e. The van der Waals surface area contributed by atoms with Gasteiger partial charge in [0.05, 0.1) is 16.6 Å². The van der Waals surface area contributed by atoms with Crippen molar-refractivity contribution in [3.8, 4) is 11.6 Å². The summed E-state index contributed by atoms with van der Waals surface area (Å²) in [5.74, 6) is 0.475. The Morgan fingerprint density at radius 1 is 1.37 bits per heavy atom. The van der Waals surface area contributed by atoms with Crippen molar-refractivity contribution in [2.45, 2.75) is 13.3 Å². The molecule has 0 amide bonds. The summed E-state index contributed by atoms with van der Waals surface area (Å²) in [5.41, 5.74) is 0.419. The number of carbonyl (C=O) groups is 1. The summed E-state index contributed by atoms with van der Waals surface area (Å²) in [5, 5.41) is 8.77. The van der Waals surface area contributed by atoms with Gasteiger partial charge in [-0.1, -0.05) is 12.1 Å². The number of aliphatic carboxylic acids is 1. The van der Waals surface area contributed by atoms with Crippen molar-refractivity contribution in [3.05, 3.63) is 46.3 Å². The van der Waals surface area contributed by atoms with Crippen LogP contribution in [0, 0.1) is 6.92 Å². The second kappa shape index (κ2) is 5.79. The highest BCUT2D eigenvalue weighted by molar-refractivity contribution is 9.10. The molecule has 0 aliphatic carbocycles. The number of carboxylic acids is 1. The van der Waals surface area contributed by atoms with Gasteiger partial charge < -0.3 is 9.84 Å². The molecule has 2 rings (SSSR count). The molecule has 1 heterocycles. The Balaban J connectivity index is 2.28. The van der Waals surface area contributed by atoms with Crippen molar-refractivity contribution in [2.75, 3.05) is 0 Å². The van der Waals surface area contributed by atoms with Crippen LogP contribution >= 0.6 is 15.9 Å². The zero-order valence-corrected chi connectivity index (χ0v) is 11.7. The van der Waals surface area contributed by atoms with Crippen LogP contribution in [0.5, 0.6) is 11.6 Å². The highest BCUT2D eigenvalue weighted by Crippen LogP contribution is 2.28. The monoisotopic (exact) mass is 322 g/mol. The van der Waals surface area contributed by atoms with Crippen LogP contribution in [0.4, 0.5) is 0 Å². The van der Waals surface area contributed by atoms with E-state index in [1.54, 1.807) is 13.0 Å². The summed E-state index contributed by atoms with van der Waals surface area (Å²) in [7, 11) is 0. The van der Waals surface area contributed by atoms with Crippen molar-refractivity contribution in [2.24, 2.45) is 0 Å². The maximum atomic E-state index is 10.7. The Hall–Kier alpha value is -1.95. The lowest BCUT2D eigenvalue weighted by molar-refractivity contribution is -0.136. The van der Waals surface area contributed by atoms with E-state index in [2.05, 4.69) is 25.9 Å². The number of hydrogen-bond donors (Lipinski definition) is 1. The summed E-state index contributed by atoms with van der Waals surface area (Å²) < 4.78 is 6.42. The molecule has 1 N–H and O–H groups in total. The average molecular weight is 323 g/mol. The minimum absolute atomic E-state index is 0.157. The van der Waals surface area contributed by atoms with E-state index in [1.165, 1.54) is 6.07 Å². The molecule has 0 radical (unpaired) electrons. The van der Waals surface area contributed by atoms with Crippen LogP contribution in [-0.4, -0.2) is 21.0 Å². The molecule has 19 heavy (non-hydrogen) atoms. The number of aromatic nitrogens is 2. The molecule has 1 aromatic heterocycles. The molecular weight excluding hydrogens is 312 g/mol. The van der Waals surface area contributed by atoms with E-state index in [9.17, 15) is 4.79 Å². The molecule has 0 aliphatic heterocycles. The molecule has 1 aromatic carbocycles. The Labute approximate surface area is 118 Å². The first kappa shape index (κ1) is 13.5. The number of halogens is 1. The van der Waals surface area contributed by atoms with Crippen LogP contribution in [0.1, 0.15) is 11.5 Å². The maximum absolute atomic E-state index is 10.7. The van der Waals surface area contributed by atoms with Crippen LogP contribution in [0.2, 0.25) is 0 Å². The third-order valence-electron chi connectivity index (χ3n) is 2.25. The molecule has 98 valence electrons. The minimum atomic E-state index is -0.940. The van der Waals surface area contributed by atoms with Gasteiger partial charge in [-0.25, -0.2) is 4.98 Å². The zero-order valence-electron chi connectivity index (χ0n) is 10.1. The van der Waals surface area contributed by atoms with Crippen LogP contribution in [0.15, 0.2) is 34.8 Å². The predicted octanol–water partition coefficient (Wildman–Crippen LogP) is 2.97. The maximum Gasteiger partial charge on any atom is 0.309 e. The summed E-state index contributed by atoms with van der Waals surface area (Å²) in [6.07, 6.45) is -0.157. The van der Waals surface area contributed by atoms with Crippen LogP contribution in [0.25, 0.3) is 0 Å².